The van der Waals surface area contributed by atoms with Gasteiger partial charge in [0.15, 0.2) is 0 Å². The number of methoxy groups -OCH3 is 1. The summed E-state index contributed by atoms with van der Waals surface area (Å²) in [5.41, 5.74) is 0. The minimum absolute atomic E-state index is 0.350. The molecule has 1 rings (SSSR count). The van der Waals surface area contributed by atoms with Crippen molar-refractivity contribution in [1.29, 1.82) is 0 Å². The van der Waals surface area contributed by atoms with Gasteiger partial charge in [-0.1, -0.05) is 12.2 Å². The van der Waals surface area contributed by atoms with Gasteiger partial charge in [-0.2, -0.15) is 12.6 Å². The lowest BCUT2D eigenvalue weighted by atomic mass is 9.86. The van der Waals surface area contributed by atoms with Crippen LogP contribution in [0.15, 0.2) is 12.2 Å². The number of rotatable bonds is 2. The average molecular weight is 186 g/mol. The van der Waals surface area contributed by atoms with E-state index in [1.807, 2.05) is 0 Å². The third-order valence-corrected chi connectivity index (χ3v) is 3.16. The average Bonchev–Trinajstić information content (AvgIpc) is 2.09. The van der Waals surface area contributed by atoms with Crippen molar-refractivity contribution in [1.82, 2.24) is 0 Å². The first kappa shape index (κ1) is 10.1. The predicted octanol–water partition coefficient (Wildman–Crippen LogP) is 2.68. The maximum absolute atomic E-state index is 5.37. The van der Waals surface area contributed by atoms with Crippen LogP contribution in [0.4, 0.5) is 0 Å². The van der Waals surface area contributed by atoms with Gasteiger partial charge in [0.1, 0.15) is 0 Å². The number of hydrogen-bond donors (Lipinski definition) is 1. The van der Waals surface area contributed by atoms with E-state index in [9.17, 15) is 0 Å². The largest absolute Gasteiger partial charge is 0.380 e. The van der Waals surface area contributed by atoms with E-state index in [-0.39, 0.29) is 0 Å². The van der Waals surface area contributed by atoms with Crippen LogP contribution in [0.3, 0.4) is 0 Å². The monoisotopic (exact) mass is 186 g/mol. The topological polar surface area (TPSA) is 9.23 Å². The summed E-state index contributed by atoms with van der Waals surface area (Å²) in [5.74, 6) is 0.711. The zero-order valence-electron chi connectivity index (χ0n) is 7.86. The number of ether oxygens (including phenoxy) is 1. The van der Waals surface area contributed by atoms with Crippen molar-refractivity contribution in [3.63, 3.8) is 0 Å². The van der Waals surface area contributed by atoms with Gasteiger partial charge in [0, 0.05) is 12.4 Å². The highest BCUT2D eigenvalue weighted by molar-refractivity contribution is 7.81. The Morgan fingerprint density at radius 3 is 2.75 bits per heavy atom. The van der Waals surface area contributed by atoms with Crippen LogP contribution in [0, 0.1) is 5.92 Å². The molecule has 12 heavy (non-hydrogen) atoms. The molecule has 3 atom stereocenters. The molecule has 1 aliphatic rings. The lowest BCUT2D eigenvalue weighted by Gasteiger charge is -2.31. The molecule has 0 N–H and O–H groups in total. The highest BCUT2D eigenvalue weighted by Crippen LogP contribution is 2.30. The van der Waals surface area contributed by atoms with Gasteiger partial charge in [-0.25, -0.2) is 0 Å². The van der Waals surface area contributed by atoms with Gasteiger partial charge in [0.25, 0.3) is 0 Å². The first-order valence-corrected chi connectivity index (χ1v) is 5.13. The summed E-state index contributed by atoms with van der Waals surface area (Å²) in [7, 11) is 1.78. The Bertz CT molecular complexity index is 156. The van der Waals surface area contributed by atoms with Crippen LogP contribution in [0.2, 0.25) is 0 Å². The molecule has 2 unspecified atom stereocenters. The third-order valence-electron chi connectivity index (χ3n) is 2.56. The highest BCUT2D eigenvalue weighted by Gasteiger charge is 2.26. The van der Waals surface area contributed by atoms with E-state index in [0.29, 0.717) is 17.3 Å². The summed E-state index contributed by atoms with van der Waals surface area (Å²) in [6, 6.07) is 0. The maximum atomic E-state index is 5.37. The lowest BCUT2D eigenvalue weighted by Crippen LogP contribution is -2.31. The molecule has 0 radical (unpaired) electrons. The molecule has 0 bridgehead atoms. The minimum atomic E-state index is 0.350. The van der Waals surface area contributed by atoms with Gasteiger partial charge in [-0.3, -0.25) is 0 Å². The summed E-state index contributed by atoms with van der Waals surface area (Å²) in [6.45, 7) is 2.08. The molecule has 0 amide bonds. The fraction of sp³-hybridized carbons (Fsp3) is 0.800. The minimum Gasteiger partial charge on any atom is -0.380 e. The Hall–Kier alpha value is 0.0500. The quantitative estimate of drug-likeness (QED) is 0.515. The Labute approximate surface area is 80.6 Å². The van der Waals surface area contributed by atoms with E-state index >= 15 is 0 Å². The molecule has 1 nitrogen and oxygen atoms in total. The first-order chi connectivity index (χ1) is 5.77. The van der Waals surface area contributed by atoms with Crippen molar-refractivity contribution in [2.75, 3.05) is 7.11 Å². The van der Waals surface area contributed by atoms with Gasteiger partial charge in [0.05, 0.1) is 6.10 Å². The molecule has 0 aromatic heterocycles. The summed E-state index contributed by atoms with van der Waals surface area (Å²) in [6.07, 6.45) is 8.34. The van der Waals surface area contributed by atoms with Crippen LogP contribution in [0.5, 0.6) is 0 Å². The number of allylic oxidation sites excluding steroid dienone is 2. The fourth-order valence-electron chi connectivity index (χ4n) is 1.84. The molecule has 1 fully saturated rings. The molecule has 0 aliphatic heterocycles. The van der Waals surface area contributed by atoms with Crippen molar-refractivity contribution in [2.24, 2.45) is 5.92 Å². The molecule has 0 saturated heterocycles. The Kier molecular flexibility index (Phi) is 4.16. The van der Waals surface area contributed by atoms with Crippen molar-refractivity contribution >= 4 is 12.6 Å². The van der Waals surface area contributed by atoms with Crippen molar-refractivity contribution in [3.8, 4) is 0 Å². The van der Waals surface area contributed by atoms with Crippen LogP contribution >= 0.6 is 12.6 Å². The molecular weight excluding hydrogens is 168 g/mol. The van der Waals surface area contributed by atoms with Crippen molar-refractivity contribution < 1.29 is 4.74 Å². The third kappa shape index (κ3) is 2.53. The normalized spacial score (nSPS) is 37.4. The standard InChI is InChI=1S/C10H18OS/c1-3-4-8-5-6-10(12)9(7-8)11-2/h3-4,8-10,12H,5-7H2,1-2H3/b4-3-/t8?,9?,10-/m0/s1. The second kappa shape index (κ2) is 4.93. The molecule has 1 aliphatic carbocycles. The molecule has 0 spiro atoms. The van der Waals surface area contributed by atoms with Crippen molar-refractivity contribution in [3.05, 3.63) is 12.2 Å². The molecular formula is C10H18OS. The lowest BCUT2D eigenvalue weighted by molar-refractivity contribution is 0.0648. The molecule has 70 valence electrons. The van der Waals surface area contributed by atoms with E-state index in [2.05, 4.69) is 31.7 Å². The first-order valence-electron chi connectivity index (χ1n) is 4.61. The summed E-state index contributed by atoms with van der Waals surface area (Å²) < 4.78 is 5.37. The zero-order valence-corrected chi connectivity index (χ0v) is 8.76. The van der Waals surface area contributed by atoms with E-state index < -0.39 is 0 Å². The zero-order chi connectivity index (χ0) is 8.97. The second-order valence-corrected chi connectivity index (χ2v) is 4.10. The molecule has 2 heteroatoms. The van der Waals surface area contributed by atoms with Gasteiger partial charge in [0.2, 0.25) is 0 Å². The Morgan fingerprint density at radius 1 is 1.42 bits per heavy atom. The van der Waals surface area contributed by atoms with Gasteiger partial charge in [-0.05, 0) is 32.1 Å². The van der Waals surface area contributed by atoms with E-state index in [1.54, 1.807) is 7.11 Å². The maximum Gasteiger partial charge on any atom is 0.0692 e. The van der Waals surface area contributed by atoms with Crippen LogP contribution in [0.25, 0.3) is 0 Å². The van der Waals surface area contributed by atoms with E-state index in [0.717, 1.165) is 6.42 Å². The van der Waals surface area contributed by atoms with E-state index in [1.165, 1.54) is 12.8 Å². The van der Waals surface area contributed by atoms with Gasteiger partial charge in [-0.15, -0.1) is 0 Å². The summed E-state index contributed by atoms with van der Waals surface area (Å²) in [4.78, 5) is 0. The van der Waals surface area contributed by atoms with Crippen LogP contribution in [0.1, 0.15) is 26.2 Å². The van der Waals surface area contributed by atoms with E-state index in [4.69, 9.17) is 4.74 Å². The molecule has 0 aromatic carbocycles. The second-order valence-electron chi connectivity index (χ2n) is 3.44. The van der Waals surface area contributed by atoms with Crippen LogP contribution < -0.4 is 0 Å². The highest BCUT2D eigenvalue weighted by atomic mass is 32.1. The fourth-order valence-corrected chi connectivity index (χ4v) is 2.24. The van der Waals surface area contributed by atoms with Gasteiger partial charge < -0.3 is 4.74 Å². The molecule has 0 heterocycles. The van der Waals surface area contributed by atoms with Crippen LogP contribution in [-0.4, -0.2) is 18.5 Å². The van der Waals surface area contributed by atoms with Crippen molar-refractivity contribution in [2.45, 2.75) is 37.5 Å². The number of hydrogen-bond acceptors (Lipinski definition) is 2. The smallest absolute Gasteiger partial charge is 0.0692 e. The molecule has 1 saturated carbocycles. The molecule has 0 aromatic rings. The predicted molar refractivity (Wildman–Crippen MR) is 55.7 cm³/mol. The van der Waals surface area contributed by atoms with Gasteiger partial charge >= 0.3 is 0 Å². The van der Waals surface area contributed by atoms with Crippen LogP contribution in [-0.2, 0) is 4.74 Å². The number of thiol groups is 1. The SMILES string of the molecule is C/C=C\C1CC[C@H](S)C(OC)C1. The summed E-state index contributed by atoms with van der Waals surface area (Å²) in [5, 5.41) is 0.441. The summed E-state index contributed by atoms with van der Waals surface area (Å²) >= 11 is 4.50. The Balaban J connectivity index is 2.43. The Morgan fingerprint density at radius 2 is 2.17 bits per heavy atom.